The quantitative estimate of drug-likeness (QED) is 0.817. The van der Waals surface area contributed by atoms with Gasteiger partial charge in [0.1, 0.15) is 24.1 Å². The van der Waals surface area contributed by atoms with Gasteiger partial charge in [-0.25, -0.2) is 4.68 Å². The van der Waals surface area contributed by atoms with E-state index in [1.807, 2.05) is 0 Å². The van der Waals surface area contributed by atoms with Gasteiger partial charge in [0.15, 0.2) is 0 Å². The normalized spacial score (nSPS) is 14.9. The molecule has 0 bridgehead atoms. The van der Waals surface area contributed by atoms with Gasteiger partial charge in [-0.3, -0.25) is 14.6 Å². The Kier molecular flexibility index (Phi) is 4.43. The van der Waals surface area contributed by atoms with E-state index in [2.05, 4.69) is 10.1 Å². The van der Waals surface area contributed by atoms with Crippen LogP contribution in [0.5, 0.6) is 5.75 Å². The van der Waals surface area contributed by atoms with Crippen molar-refractivity contribution < 1.29 is 22.7 Å². The molecule has 1 amide bonds. The first-order valence-corrected chi connectivity index (χ1v) is 7.33. The smallest absolute Gasteiger partial charge is 0.433 e. The molecule has 2 aromatic rings. The molecular formula is C15H13F3N4O3. The Morgan fingerprint density at radius 2 is 2.04 bits per heavy atom. The lowest BCUT2D eigenvalue weighted by atomic mass is 10.1. The summed E-state index contributed by atoms with van der Waals surface area (Å²) >= 11 is 0. The summed E-state index contributed by atoms with van der Waals surface area (Å²) in [6.45, 7) is 0.258. The molecule has 0 spiro atoms. The molecule has 0 atom stereocenters. The molecule has 0 aromatic carbocycles. The van der Waals surface area contributed by atoms with Gasteiger partial charge in [-0.05, 0) is 12.1 Å². The minimum atomic E-state index is -4.54. The molecule has 1 saturated heterocycles. The number of amides is 1. The number of nitrogens with zero attached hydrogens (tertiary/aromatic N) is 4. The van der Waals surface area contributed by atoms with Crippen molar-refractivity contribution in [2.24, 2.45) is 0 Å². The highest BCUT2D eigenvalue weighted by Gasteiger charge is 2.35. The Balaban J connectivity index is 1.54. The van der Waals surface area contributed by atoms with E-state index in [4.69, 9.17) is 4.74 Å². The highest BCUT2D eigenvalue weighted by molar-refractivity contribution is 5.76. The van der Waals surface area contributed by atoms with E-state index in [-0.39, 0.29) is 36.9 Å². The number of likely N-dealkylation sites (tertiary alicyclic amines) is 1. The molecule has 3 rings (SSSR count). The molecule has 10 heteroatoms. The second kappa shape index (κ2) is 6.54. The predicted molar refractivity (Wildman–Crippen MR) is 78.7 cm³/mol. The molecule has 0 unspecified atom stereocenters. The number of aromatic nitrogens is 3. The van der Waals surface area contributed by atoms with E-state index in [1.165, 1.54) is 29.3 Å². The predicted octanol–water partition coefficient (Wildman–Crippen LogP) is 0.947. The number of ether oxygens (including phenoxy) is 1. The van der Waals surface area contributed by atoms with Crippen molar-refractivity contribution >= 4 is 5.91 Å². The Morgan fingerprint density at radius 1 is 1.28 bits per heavy atom. The topological polar surface area (TPSA) is 77.3 Å². The van der Waals surface area contributed by atoms with Gasteiger partial charge in [-0.1, -0.05) is 0 Å². The summed E-state index contributed by atoms with van der Waals surface area (Å²) in [4.78, 5) is 28.2. The zero-order valence-electron chi connectivity index (χ0n) is 12.8. The molecule has 2 aromatic heterocycles. The van der Waals surface area contributed by atoms with E-state index in [1.54, 1.807) is 0 Å². The lowest BCUT2D eigenvalue weighted by molar-refractivity contribution is -0.141. The number of carbonyl (C=O) groups excluding carboxylic acids is 1. The summed E-state index contributed by atoms with van der Waals surface area (Å²) in [6, 6.07) is 4.91. The third-order valence-electron chi connectivity index (χ3n) is 3.60. The Morgan fingerprint density at radius 3 is 2.72 bits per heavy atom. The molecule has 1 aliphatic heterocycles. The van der Waals surface area contributed by atoms with Gasteiger partial charge in [0, 0.05) is 24.5 Å². The van der Waals surface area contributed by atoms with Gasteiger partial charge in [0.25, 0.3) is 5.56 Å². The van der Waals surface area contributed by atoms with Gasteiger partial charge in [0.2, 0.25) is 5.91 Å². The zero-order chi connectivity index (χ0) is 18.0. The lowest BCUT2D eigenvalue weighted by Crippen LogP contribution is -2.57. The summed E-state index contributed by atoms with van der Waals surface area (Å²) in [5, 5.41) is 3.79. The van der Waals surface area contributed by atoms with Crippen LogP contribution in [-0.4, -0.2) is 44.8 Å². The molecule has 0 radical (unpaired) electrons. The number of rotatable bonds is 4. The number of carbonyl (C=O) groups is 1. The first-order chi connectivity index (χ1) is 11.8. The van der Waals surface area contributed by atoms with Gasteiger partial charge in [-0.15, -0.1) is 0 Å². The fraction of sp³-hybridized carbons (Fsp3) is 0.333. The van der Waals surface area contributed by atoms with Crippen LogP contribution < -0.4 is 10.3 Å². The summed E-state index contributed by atoms with van der Waals surface area (Å²) in [5.41, 5.74) is -1.42. The SMILES string of the molecule is O=C(Cn1ncccc1=O)N1CC(Oc2ccnc(C(F)(F)F)c2)C1. The zero-order valence-corrected chi connectivity index (χ0v) is 12.8. The summed E-state index contributed by atoms with van der Waals surface area (Å²) < 4.78 is 44.3. The molecule has 3 heterocycles. The summed E-state index contributed by atoms with van der Waals surface area (Å²) in [6.07, 6.45) is -2.53. The number of halogens is 3. The van der Waals surface area contributed by atoms with Crippen molar-refractivity contribution in [3.8, 4) is 5.75 Å². The van der Waals surface area contributed by atoms with E-state index >= 15 is 0 Å². The molecule has 0 saturated carbocycles. The van der Waals surface area contributed by atoms with Gasteiger partial charge in [-0.2, -0.15) is 18.3 Å². The van der Waals surface area contributed by atoms with Crippen molar-refractivity contribution in [1.82, 2.24) is 19.7 Å². The number of hydrogen-bond acceptors (Lipinski definition) is 5. The van der Waals surface area contributed by atoms with Crippen LogP contribution in [0.2, 0.25) is 0 Å². The molecular weight excluding hydrogens is 341 g/mol. The van der Waals surface area contributed by atoms with Crippen molar-refractivity contribution in [1.29, 1.82) is 0 Å². The second-order valence-corrected chi connectivity index (χ2v) is 5.43. The highest BCUT2D eigenvalue weighted by atomic mass is 19.4. The fourth-order valence-corrected chi connectivity index (χ4v) is 2.28. The van der Waals surface area contributed by atoms with Crippen LogP contribution in [0, 0.1) is 0 Å². The third kappa shape index (κ3) is 3.95. The summed E-state index contributed by atoms with van der Waals surface area (Å²) in [7, 11) is 0. The van der Waals surface area contributed by atoms with Crippen LogP contribution in [0.25, 0.3) is 0 Å². The number of alkyl halides is 3. The van der Waals surface area contributed by atoms with E-state index < -0.39 is 18.0 Å². The first-order valence-electron chi connectivity index (χ1n) is 7.33. The van der Waals surface area contributed by atoms with Crippen LogP contribution >= 0.6 is 0 Å². The van der Waals surface area contributed by atoms with Crippen molar-refractivity contribution in [2.45, 2.75) is 18.8 Å². The summed E-state index contributed by atoms with van der Waals surface area (Å²) in [5.74, 6) is -0.272. The van der Waals surface area contributed by atoms with Crippen molar-refractivity contribution in [3.63, 3.8) is 0 Å². The van der Waals surface area contributed by atoms with Crippen LogP contribution in [-0.2, 0) is 17.5 Å². The molecule has 1 fully saturated rings. The standard InChI is InChI=1S/C15H13F3N4O3/c16-15(17,18)12-6-10(3-5-19-12)25-11-7-21(8-11)14(24)9-22-13(23)2-1-4-20-22/h1-6,11H,7-9H2. The first kappa shape index (κ1) is 16.9. The number of hydrogen-bond donors (Lipinski definition) is 0. The molecule has 132 valence electrons. The maximum atomic E-state index is 12.6. The Bertz CT molecular complexity index is 831. The molecule has 1 aliphatic rings. The third-order valence-corrected chi connectivity index (χ3v) is 3.60. The fourth-order valence-electron chi connectivity index (χ4n) is 2.28. The highest BCUT2D eigenvalue weighted by Crippen LogP contribution is 2.30. The lowest BCUT2D eigenvalue weighted by Gasteiger charge is -2.39. The van der Waals surface area contributed by atoms with Crippen molar-refractivity contribution in [3.05, 3.63) is 52.7 Å². The van der Waals surface area contributed by atoms with Crippen LogP contribution in [0.1, 0.15) is 5.69 Å². The maximum Gasteiger partial charge on any atom is 0.433 e. The largest absolute Gasteiger partial charge is 0.487 e. The van der Waals surface area contributed by atoms with E-state index in [0.29, 0.717) is 0 Å². The molecule has 0 N–H and O–H groups in total. The molecule has 25 heavy (non-hydrogen) atoms. The Hall–Kier alpha value is -2.91. The van der Waals surface area contributed by atoms with Crippen LogP contribution in [0.3, 0.4) is 0 Å². The maximum absolute atomic E-state index is 12.6. The monoisotopic (exact) mass is 354 g/mol. The van der Waals surface area contributed by atoms with Gasteiger partial charge < -0.3 is 9.64 Å². The van der Waals surface area contributed by atoms with E-state index in [9.17, 15) is 22.8 Å². The average Bonchev–Trinajstić information content (AvgIpc) is 2.52. The minimum Gasteiger partial charge on any atom is -0.487 e. The molecule has 7 nitrogen and oxygen atoms in total. The minimum absolute atomic E-state index is 0.0420. The van der Waals surface area contributed by atoms with Crippen molar-refractivity contribution in [2.75, 3.05) is 13.1 Å². The average molecular weight is 354 g/mol. The molecule has 0 aliphatic carbocycles. The van der Waals surface area contributed by atoms with E-state index in [0.717, 1.165) is 16.9 Å². The van der Waals surface area contributed by atoms with Crippen LogP contribution in [0.15, 0.2) is 41.5 Å². The van der Waals surface area contributed by atoms with Gasteiger partial charge >= 0.3 is 6.18 Å². The second-order valence-electron chi connectivity index (χ2n) is 5.43. The van der Waals surface area contributed by atoms with Gasteiger partial charge in [0.05, 0.1) is 13.1 Å². The Labute approximate surface area is 139 Å². The van der Waals surface area contributed by atoms with Crippen LogP contribution in [0.4, 0.5) is 13.2 Å². The number of pyridine rings is 1.